The van der Waals surface area contributed by atoms with E-state index in [1.54, 1.807) is 0 Å². The molecular weight excluding hydrogens is 358 g/mol. The zero-order valence-corrected chi connectivity index (χ0v) is 14.8. The van der Waals surface area contributed by atoms with Crippen LogP contribution in [0.15, 0.2) is 39.3 Å². The van der Waals surface area contributed by atoms with Crippen molar-refractivity contribution >= 4 is 27.6 Å². The Balaban J connectivity index is 1.75. The summed E-state index contributed by atoms with van der Waals surface area (Å²) in [4.78, 5) is 14.5. The van der Waals surface area contributed by atoms with Crippen LogP contribution in [0.2, 0.25) is 0 Å². The van der Waals surface area contributed by atoms with Crippen molar-refractivity contribution in [3.05, 3.63) is 46.3 Å². The Hall–Kier alpha value is -1.82. The third-order valence-corrected chi connectivity index (χ3v) is 4.78. The van der Waals surface area contributed by atoms with Gasteiger partial charge in [-0.05, 0) is 40.9 Å². The van der Waals surface area contributed by atoms with Gasteiger partial charge < -0.3 is 14.7 Å². The number of amides is 2. The van der Waals surface area contributed by atoms with Crippen molar-refractivity contribution in [3.63, 3.8) is 0 Å². The van der Waals surface area contributed by atoms with Gasteiger partial charge in [-0.3, -0.25) is 0 Å². The highest BCUT2D eigenvalue weighted by Crippen LogP contribution is 2.33. The number of urea groups is 1. The normalized spacial score (nSPS) is 17.7. The molecule has 5 nitrogen and oxygen atoms in total. The van der Waals surface area contributed by atoms with Crippen molar-refractivity contribution in [2.45, 2.75) is 38.6 Å². The van der Waals surface area contributed by atoms with Gasteiger partial charge in [-0.25, -0.2) is 4.79 Å². The Kier molecular flexibility index (Phi) is 4.71. The maximum atomic E-state index is 12.6. The number of nitrogens with zero attached hydrogens (tertiary/aromatic N) is 2. The van der Waals surface area contributed by atoms with E-state index in [0.29, 0.717) is 5.92 Å². The molecule has 1 aliphatic heterocycles. The molecule has 122 valence electrons. The van der Waals surface area contributed by atoms with E-state index in [1.807, 2.05) is 35.2 Å². The van der Waals surface area contributed by atoms with Crippen molar-refractivity contribution < 1.29 is 9.32 Å². The molecule has 1 aromatic heterocycles. The van der Waals surface area contributed by atoms with Gasteiger partial charge in [-0.1, -0.05) is 31.1 Å². The number of para-hydroxylation sites is 1. The fourth-order valence-corrected chi connectivity index (χ4v) is 3.18. The van der Waals surface area contributed by atoms with Crippen molar-refractivity contribution in [2.24, 2.45) is 0 Å². The van der Waals surface area contributed by atoms with Crippen LogP contribution in [0.25, 0.3) is 0 Å². The summed E-state index contributed by atoms with van der Waals surface area (Å²) < 4.78 is 6.26. The van der Waals surface area contributed by atoms with Crippen LogP contribution in [0.5, 0.6) is 0 Å². The van der Waals surface area contributed by atoms with Crippen molar-refractivity contribution in [3.8, 4) is 0 Å². The molecule has 1 fully saturated rings. The lowest BCUT2D eigenvalue weighted by Gasteiger charge is -2.23. The molecule has 1 N–H and O–H groups in total. The Morgan fingerprint density at radius 3 is 2.91 bits per heavy atom. The molecule has 1 aromatic carbocycles. The summed E-state index contributed by atoms with van der Waals surface area (Å²) in [6.07, 6.45) is 1.88. The minimum Gasteiger partial charge on any atom is -0.361 e. The minimum atomic E-state index is -0.103. The van der Waals surface area contributed by atoms with Crippen LogP contribution in [0.1, 0.15) is 50.1 Å². The van der Waals surface area contributed by atoms with Gasteiger partial charge in [-0.15, -0.1) is 0 Å². The number of carbonyl (C=O) groups excluding carboxylic acids is 1. The van der Waals surface area contributed by atoms with Crippen LogP contribution >= 0.6 is 15.9 Å². The predicted octanol–water partition coefficient (Wildman–Crippen LogP) is 4.93. The van der Waals surface area contributed by atoms with E-state index in [1.165, 1.54) is 0 Å². The number of benzene rings is 1. The molecular formula is C17H20BrN3O2. The lowest BCUT2D eigenvalue weighted by molar-refractivity contribution is 0.204. The molecule has 1 saturated heterocycles. The Bertz CT molecular complexity index is 699. The van der Waals surface area contributed by atoms with Gasteiger partial charge in [0.25, 0.3) is 0 Å². The molecule has 1 aliphatic rings. The molecule has 2 amide bonds. The second-order valence-electron chi connectivity index (χ2n) is 6.07. The summed E-state index contributed by atoms with van der Waals surface area (Å²) in [5.41, 5.74) is 1.61. The van der Waals surface area contributed by atoms with E-state index in [2.05, 4.69) is 40.3 Å². The molecule has 0 aliphatic carbocycles. The Morgan fingerprint density at radius 1 is 1.43 bits per heavy atom. The van der Waals surface area contributed by atoms with Crippen molar-refractivity contribution in [1.29, 1.82) is 0 Å². The van der Waals surface area contributed by atoms with Crippen LogP contribution in [-0.2, 0) is 0 Å². The predicted molar refractivity (Wildman–Crippen MR) is 92.4 cm³/mol. The summed E-state index contributed by atoms with van der Waals surface area (Å²) in [5.74, 6) is 1.15. The van der Waals surface area contributed by atoms with Crippen LogP contribution in [0.4, 0.5) is 10.5 Å². The fraction of sp³-hybridized carbons (Fsp3) is 0.412. The third kappa shape index (κ3) is 3.42. The average Bonchev–Trinajstić information content (AvgIpc) is 3.17. The SMILES string of the molecule is CC(C)c1cc([C@H]2CCCN2C(=O)Nc2ccccc2Br)no1. The number of hydrogen-bond donors (Lipinski definition) is 1. The van der Waals surface area contributed by atoms with E-state index in [-0.39, 0.29) is 12.1 Å². The van der Waals surface area contributed by atoms with Crippen molar-refractivity contribution in [2.75, 3.05) is 11.9 Å². The maximum absolute atomic E-state index is 12.6. The number of anilines is 1. The first kappa shape index (κ1) is 16.1. The van der Waals surface area contributed by atoms with Gasteiger partial charge >= 0.3 is 6.03 Å². The molecule has 0 bridgehead atoms. The number of rotatable bonds is 3. The molecule has 23 heavy (non-hydrogen) atoms. The van der Waals surface area contributed by atoms with Gasteiger partial charge in [0.1, 0.15) is 11.5 Å². The van der Waals surface area contributed by atoms with Crippen LogP contribution in [0, 0.1) is 0 Å². The lowest BCUT2D eigenvalue weighted by atomic mass is 10.1. The summed E-state index contributed by atoms with van der Waals surface area (Å²) in [6, 6.07) is 9.45. The topological polar surface area (TPSA) is 58.4 Å². The number of carbonyl (C=O) groups is 1. The summed E-state index contributed by atoms with van der Waals surface area (Å²) in [6.45, 7) is 4.86. The van der Waals surface area contributed by atoms with Gasteiger partial charge in [-0.2, -0.15) is 0 Å². The van der Waals surface area contributed by atoms with Crippen LogP contribution in [0.3, 0.4) is 0 Å². The largest absolute Gasteiger partial charge is 0.361 e. The number of hydrogen-bond acceptors (Lipinski definition) is 3. The highest BCUT2D eigenvalue weighted by molar-refractivity contribution is 9.10. The maximum Gasteiger partial charge on any atom is 0.322 e. The summed E-state index contributed by atoms with van der Waals surface area (Å²) >= 11 is 3.45. The number of nitrogens with one attached hydrogen (secondary N) is 1. The molecule has 2 aromatic rings. The van der Waals surface area contributed by atoms with Gasteiger partial charge in [0.15, 0.2) is 0 Å². The zero-order chi connectivity index (χ0) is 16.4. The summed E-state index contributed by atoms with van der Waals surface area (Å²) in [7, 11) is 0. The molecule has 0 spiro atoms. The molecule has 2 heterocycles. The number of aromatic nitrogens is 1. The second kappa shape index (κ2) is 6.74. The molecule has 3 rings (SSSR count). The highest BCUT2D eigenvalue weighted by atomic mass is 79.9. The molecule has 0 unspecified atom stereocenters. The van der Waals surface area contributed by atoms with E-state index in [4.69, 9.17) is 4.52 Å². The standard InChI is InChI=1S/C17H20BrN3O2/c1-11(2)16-10-14(20-23-16)15-8-5-9-21(15)17(22)19-13-7-4-3-6-12(13)18/h3-4,6-7,10-11,15H,5,8-9H2,1-2H3,(H,19,22)/t15-/m1/s1. The van der Waals surface area contributed by atoms with Crippen molar-refractivity contribution in [1.82, 2.24) is 10.1 Å². The zero-order valence-electron chi connectivity index (χ0n) is 13.3. The highest BCUT2D eigenvalue weighted by Gasteiger charge is 2.32. The smallest absolute Gasteiger partial charge is 0.322 e. The Morgan fingerprint density at radius 2 is 2.22 bits per heavy atom. The second-order valence-corrected chi connectivity index (χ2v) is 6.92. The first-order valence-corrected chi connectivity index (χ1v) is 8.64. The monoisotopic (exact) mass is 377 g/mol. The van der Waals surface area contributed by atoms with E-state index >= 15 is 0 Å². The molecule has 1 atom stereocenters. The first-order chi connectivity index (χ1) is 11.1. The fourth-order valence-electron chi connectivity index (χ4n) is 2.80. The number of halogens is 1. The Labute approximate surface area is 144 Å². The quantitative estimate of drug-likeness (QED) is 0.824. The van der Waals surface area contributed by atoms with E-state index in [9.17, 15) is 4.79 Å². The van der Waals surface area contributed by atoms with Gasteiger partial charge in [0, 0.05) is 23.0 Å². The van der Waals surface area contributed by atoms with E-state index in [0.717, 1.165) is 41.0 Å². The lowest BCUT2D eigenvalue weighted by Crippen LogP contribution is -2.34. The van der Waals surface area contributed by atoms with Gasteiger partial charge in [0.05, 0.1) is 11.7 Å². The van der Waals surface area contributed by atoms with Gasteiger partial charge in [0.2, 0.25) is 0 Å². The third-order valence-electron chi connectivity index (χ3n) is 4.09. The van der Waals surface area contributed by atoms with E-state index < -0.39 is 0 Å². The molecule has 6 heteroatoms. The number of likely N-dealkylation sites (tertiary alicyclic amines) is 1. The molecule has 0 saturated carbocycles. The van der Waals surface area contributed by atoms with Crippen LogP contribution < -0.4 is 5.32 Å². The minimum absolute atomic E-state index is 0.0197. The average molecular weight is 378 g/mol. The summed E-state index contributed by atoms with van der Waals surface area (Å²) in [5, 5.41) is 7.13. The van der Waals surface area contributed by atoms with Crippen LogP contribution in [-0.4, -0.2) is 22.6 Å². The first-order valence-electron chi connectivity index (χ1n) is 7.85. The molecule has 0 radical (unpaired) electrons.